The Kier molecular flexibility index (Phi) is 5.58. The number of hydrogen-bond donors (Lipinski definition) is 1. The van der Waals surface area contributed by atoms with E-state index in [9.17, 15) is 0 Å². The lowest BCUT2D eigenvalue weighted by atomic mass is 9.94. The third kappa shape index (κ3) is 3.72. The average molecular weight is 607 g/mol. The fourth-order valence-electron chi connectivity index (χ4n) is 7.51. The van der Waals surface area contributed by atoms with Gasteiger partial charge in [0, 0.05) is 58.5 Å². The summed E-state index contributed by atoms with van der Waals surface area (Å²) in [7, 11) is 0. The molecule has 46 heavy (non-hydrogen) atoms. The highest BCUT2D eigenvalue weighted by Gasteiger charge is 2.29. The molecule has 1 atom stereocenters. The summed E-state index contributed by atoms with van der Waals surface area (Å²) in [6.07, 6.45) is 8.74. The maximum atomic E-state index is 5.32. The van der Waals surface area contributed by atoms with Crippen molar-refractivity contribution in [3.63, 3.8) is 0 Å². The van der Waals surface area contributed by atoms with Crippen LogP contribution in [0.5, 0.6) is 0 Å². The molecule has 4 heteroatoms. The number of aromatic nitrogens is 1. The van der Waals surface area contributed by atoms with Gasteiger partial charge in [-0.1, -0.05) is 115 Å². The van der Waals surface area contributed by atoms with Crippen LogP contribution < -0.4 is 5.32 Å². The van der Waals surface area contributed by atoms with Crippen molar-refractivity contribution in [3.05, 3.63) is 168 Å². The summed E-state index contributed by atoms with van der Waals surface area (Å²) in [6.45, 7) is 0. The van der Waals surface area contributed by atoms with Gasteiger partial charge in [0.25, 0.3) is 0 Å². The highest BCUT2D eigenvalue weighted by Crippen LogP contribution is 2.47. The Morgan fingerprint density at radius 3 is 2.26 bits per heavy atom. The van der Waals surface area contributed by atoms with Crippen molar-refractivity contribution < 1.29 is 5.32 Å². The normalized spacial score (nSPS) is 16.3. The maximum Gasteiger partial charge on any atom is 0.232 e. The molecule has 2 aliphatic rings. The minimum Gasteiger partial charge on any atom is -0.309 e. The zero-order chi connectivity index (χ0) is 30.2. The van der Waals surface area contributed by atoms with Gasteiger partial charge in [-0.05, 0) is 36.4 Å². The van der Waals surface area contributed by atoms with Crippen molar-refractivity contribution in [2.75, 3.05) is 0 Å². The van der Waals surface area contributed by atoms with Crippen LogP contribution in [0.1, 0.15) is 11.1 Å². The average Bonchev–Trinajstić information content (AvgIpc) is 3.68. The van der Waals surface area contributed by atoms with Gasteiger partial charge in [0.1, 0.15) is 6.04 Å². The van der Waals surface area contributed by atoms with Crippen molar-refractivity contribution in [2.24, 2.45) is 4.99 Å². The molecule has 0 spiro atoms. The van der Waals surface area contributed by atoms with Crippen LogP contribution in [0.2, 0.25) is 0 Å². The minimum absolute atomic E-state index is 0.189. The molecule has 3 heterocycles. The van der Waals surface area contributed by atoms with E-state index < -0.39 is 0 Å². The van der Waals surface area contributed by atoms with Crippen molar-refractivity contribution in [2.45, 2.75) is 6.04 Å². The molecule has 3 nitrogen and oxygen atoms in total. The molecule has 10 rings (SSSR count). The van der Waals surface area contributed by atoms with Crippen molar-refractivity contribution in [1.82, 2.24) is 4.57 Å². The van der Waals surface area contributed by atoms with E-state index in [1.807, 2.05) is 11.3 Å². The lowest BCUT2D eigenvalue weighted by molar-refractivity contribution is -0.558. The molecule has 1 unspecified atom stereocenters. The third-order valence-corrected chi connectivity index (χ3v) is 10.7. The minimum atomic E-state index is 0.189. The fourth-order valence-corrected chi connectivity index (χ4v) is 8.76. The van der Waals surface area contributed by atoms with Crippen LogP contribution in [0, 0.1) is 0 Å². The second kappa shape index (κ2) is 9.98. The number of aliphatic imine (C=N–C) groups is 1. The summed E-state index contributed by atoms with van der Waals surface area (Å²) >= 11 is 1.90. The Hall–Kier alpha value is -5.55. The van der Waals surface area contributed by atoms with Crippen LogP contribution in [0.4, 0.5) is 0 Å². The molecule has 0 bridgehead atoms. The molecule has 8 aromatic rings. The second-order valence-electron chi connectivity index (χ2n) is 12.1. The topological polar surface area (TPSA) is 33.9 Å². The van der Waals surface area contributed by atoms with Crippen molar-refractivity contribution in [3.8, 4) is 5.69 Å². The number of fused-ring (bicyclic) bond motifs is 11. The smallest absolute Gasteiger partial charge is 0.232 e. The lowest BCUT2D eigenvalue weighted by Crippen LogP contribution is -2.94. The van der Waals surface area contributed by atoms with Gasteiger partial charge in [0.15, 0.2) is 0 Å². The molecule has 0 radical (unpaired) electrons. The number of hydrogen-bond acceptors (Lipinski definition) is 2. The third-order valence-electron chi connectivity index (χ3n) is 9.50. The van der Waals surface area contributed by atoms with Gasteiger partial charge in [-0.15, -0.1) is 11.3 Å². The number of quaternary nitrogens is 1. The molecule has 216 valence electrons. The molecule has 0 saturated heterocycles. The summed E-state index contributed by atoms with van der Waals surface area (Å²) < 4.78 is 5.17. The first-order chi connectivity index (χ1) is 22.8. The van der Waals surface area contributed by atoms with E-state index in [1.165, 1.54) is 58.3 Å². The Labute approximate surface area is 269 Å². The zero-order valence-corrected chi connectivity index (χ0v) is 25.7. The highest BCUT2D eigenvalue weighted by atomic mass is 32.1. The molecular formula is C42H28N3S+. The van der Waals surface area contributed by atoms with E-state index in [4.69, 9.17) is 4.99 Å². The van der Waals surface area contributed by atoms with E-state index in [2.05, 4.69) is 162 Å². The molecule has 1 aliphatic carbocycles. The summed E-state index contributed by atoms with van der Waals surface area (Å²) in [4.78, 5) is 5.32. The molecule has 1 aliphatic heterocycles. The van der Waals surface area contributed by atoms with Crippen LogP contribution >= 0.6 is 11.3 Å². The first-order valence-electron chi connectivity index (χ1n) is 15.8. The Morgan fingerprint density at radius 2 is 1.37 bits per heavy atom. The lowest BCUT2D eigenvalue weighted by Gasteiger charge is -2.24. The van der Waals surface area contributed by atoms with Crippen LogP contribution in [0.3, 0.4) is 0 Å². The number of nitrogens with two attached hydrogens (primary N) is 1. The predicted molar refractivity (Wildman–Crippen MR) is 195 cm³/mol. The van der Waals surface area contributed by atoms with Gasteiger partial charge >= 0.3 is 0 Å². The largest absolute Gasteiger partial charge is 0.309 e. The summed E-state index contributed by atoms with van der Waals surface area (Å²) in [5, 5.41) is 10.2. The molecule has 6 aromatic carbocycles. The van der Waals surface area contributed by atoms with E-state index in [1.54, 1.807) is 0 Å². The Morgan fingerprint density at radius 1 is 0.630 bits per heavy atom. The maximum absolute atomic E-state index is 5.32. The van der Waals surface area contributed by atoms with Gasteiger partial charge in [-0.2, -0.15) is 4.99 Å². The molecule has 0 fully saturated rings. The number of nitrogens with zero attached hydrogens (tertiary/aromatic N) is 2. The predicted octanol–water partition coefficient (Wildman–Crippen LogP) is 9.53. The number of amidine groups is 1. The van der Waals surface area contributed by atoms with Gasteiger partial charge in [-0.25, -0.2) is 0 Å². The highest BCUT2D eigenvalue weighted by molar-refractivity contribution is 7.27. The molecular weight excluding hydrogens is 579 g/mol. The van der Waals surface area contributed by atoms with Gasteiger partial charge < -0.3 is 4.57 Å². The van der Waals surface area contributed by atoms with Crippen LogP contribution in [-0.2, 0) is 0 Å². The monoisotopic (exact) mass is 606 g/mol. The van der Waals surface area contributed by atoms with E-state index >= 15 is 0 Å². The summed E-state index contributed by atoms with van der Waals surface area (Å²) in [5.74, 6) is 1.01. The quantitative estimate of drug-likeness (QED) is 0.208. The van der Waals surface area contributed by atoms with Gasteiger partial charge in [0.2, 0.25) is 5.84 Å². The number of rotatable bonds is 3. The SMILES string of the molecule is C1=CC2=C(c3ccccc3)N=C(c3cccc(-n4c5ccccc5c5c6c7ccccc7sc6c6ccccc6c54)c3)[NH2+]C2C=C1. The number of benzene rings is 6. The van der Waals surface area contributed by atoms with E-state index in [0.717, 1.165) is 28.3 Å². The van der Waals surface area contributed by atoms with Crippen molar-refractivity contribution >= 4 is 75.6 Å². The Bertz CT molecular complexity index is 2670. The van der Waals surface area contributed by atoms with Gasteiger partial charge in [0.05, 0.1) is 22.3 Å². The molecule has 0 amide bonds. The first kappa shape index (κ1) is 25.7. The molecule has 2 N–H and O–H groups in total. The summed E-state index contributed by atoms with van der Waals surface area (Å²) in [6, 6.07) is 46.4. The molecule has 2 aromatic heterocycles. The van der Waals surface area contributed by atoms with Crippen LogP contribution in [0.15, 0.2) is 162 Å². The van der Waals surface area contributed by atoms with Crippen molar-refractivity contribution in [1.29, 1.82) is 0 Å². The fraction of sp³-hybridized carbons (Fsp3) is 0.0238. The molecule has 0 saturated carbocycles. The van der Waals surface area contributed by atoms with E-state index in [-0.39, 0.29) is 6.04 Å². The second-order valence-corrected chi connectivity index (χ2v) is 13.1. The van der Waals surface area contributed by atoms with E-state index in [0.29, 0.717) is 0 Å². The number of para-hydroxylation sites is 1. The number of allylic oxidation sites excluding steroid dienone is 2. The van der Waals surface area contributed by atoms with Crippen LogP contribution in [-0.4, -0.2) is 16.4 Å². The number of thiophene rings is 1. The standard InChI is InChI=1S/C42H27N3S/c1-2-13-26(14-3-1)39-31-19-6-9-22-34(31)43-42(44-39)27-15-12-16-28(25-27)45-35-23-10-7-20-32(35)37-38-33-21-8-11-24-36(33)46-41(38)30-18-5-4-17-29(30)40(37)45/h1-25,34H,(H,43,44)/p+1. The summed E-state index contributed by atoms with van der Waals surface area (Å²) in [5.41, 5.74) is 8.16. The van der Waals surface area contributed by atoms with Gasteiger partial charge in [-0.3, -0.25) is 5.32 Å². The Balaban J connectivity index is 1.26. The van der Waals surface area contributed by atoms with Crippen LogP contribution in [0.25, 0.3) is 64.1 Å². The first-order valence-corrected chi connectivity index (χ1v) is 16.6. The zero-order valence-electron chi connectivity index (χ0n) is 24.9.